The van der Waals surface area contributed by atoms with Gasteiger partial charge < -0.3 is 30.6 Å². The highest BCUT2D eigenvalue weighted by Crippen LogP contribution is 2.24. The van der Waals surface area contributed by atoms with Gasteiger partial charge in [0, 0.05) is 0 Å². The van der Waals surface area contributed by atoms with E-state index >= 15 is 0 Å². The highest BCUT2D eigenvalue weighted by molar-refractivity contribution is 5.78. The van der Waals surface area contributed by atoms with E-state index in [0.29, 0.717) is 6.42 Å². The van der Waals surface area contributed by atoms with Gasteiger partial charge in [0.2, 0.25) is 0 Å². The van der Waals surface area contributed by atoms with Crippen molar-refractivity contribution in [1.82, 2.24) is 0 Å². The smallest absolute Gasteiger partial charge is 0.338 e. The van der Waals surface area contributed by atoms with Gasteiger partial charge in [-0.15, -0.1) is 0 Å². The number of aliphatic carboxylic acids is 1. The molecule has 0 spiro atoms. The van der Waals surface area contributed by atoms with Gasteiger partial charge in [-0.1, -0.05) is 64.7 Å². The van der Waals surface area contributed by atoms with E-state index in [2.05, 4.69) is 6.92 Å². The molecule has 150 valence electrons. The summed E-state index contributed by atoms with van der Waals surface area (Å²) in [4.78, 5) is 11.3. The summed E-state index contributed by atoms with van der Waals surface area (Å²) in [6.45, 7) is 1.34. The van der Waals surface area contributed by atoms with Crippen LogP contribution in [0.1, 0.15) is 77.6 Å². The molecule has 0 aliphatic heterocycles. The van der Waals surface area contributed by atoms with E-state index < -0.39 is 36.5 Å². The minimum Gasteiger partial charge on any atom is -0.479 e. The van der Waals surface area contributed by atoms with Gasteiger partial charge in [-0.25, -0.2) is 4.79 Å². The average Bonchev–Trinajstić information content (AvgIpc) is 2.60. The van der Waals surface area contributed by atoms with E-state index in [0.717, 1.165) is 25.7 Å². The molecule has 0 heterocycles. The fourth-order valence-corrected chi connectivity index (χ4v) is 2.86. The number of aliphatic hydroxyl groups excluding tert-OH is 4. The number of carboxylic acids is 1. The van der Waals surface area contributed by atoms with Crippen LogP contribution in [0.5, 0.6) is 0 Å². The lowest BCUT2D eigenvalue weighted by Gasteiger charge is -2.33. The fraction of sp³-hybridized carbons (Fsp3) is 0.944. The van der Waals surface area contributed by atoms with E-state index in [1.807, 2.05) is 0 Å². The van der Waals surface area contributed by atoms with E-state index in [9.17, 15) is 30.3 Å². The van der Waals surface area contributed by atoms with E-state index in [4.69, 9.17) is 5.11 Å². The first-order valence-electron chi connectivity index (χ1n) is 9.42. The van der Waals surface area contributed by atoms with Crippen LogP contribution in [0, 0.1) is 0 Å². The summed E-state index contributed by atoms with van der Waals surface area (Å²) in [6.07, 6.45) is 4.45. The number of carbonyl (C=O) groups is 1. The molecule has 7 nitrogen and oxygen atoms in total. The first kappa shape index (κ1) is 24.3. The SMILES string of the molecule is CCCCCCCCCCCCC(O)(C(=O)O)C(O)C(O)C(O)CO. The Hall–Kier alpha value is -0.730. The topological polar surface area (TPSA) is 138 Å². The molecule has 0 saturated heterocycles. The maximum Gasteiger partial charge on any atom is 0.338 e. The summed E-state index contributed by atoms with van der Waals surface area (Å²) in [5.41, 5.74) is -2.55. The zero-order valence-corrected chi connectivity index (χ0v) is 15.3. The third-order valence-corrected chi connectivity index (χ3v) is 4.68. The second-order valence-electron chi connectivity index (χ2n) is 6.85. The molecule has 0 amide bonds. The molecule has 0 aromatic rings. The van der Waals surface area contributed by atoms with Crippen molar-refractivity contribution in [2.24, 2.45) is 0 Å². The van der Waals surface area contributed by atoms with Gasteiger partial charge in [-0.05, 0) is 12.8 Å². The number of hydrogen-bond donors (Lipinski definition) is 6. The van der Waals surface area contributed by atoms with E-state index in [1.54, 1.807) is 0 Å². The van der Waals surface area contributed by atoms with Gasteiger partial charge in [-0.2, -0.15) is 0 Å². The van der Waals surface area contributed by atoms with Gasteiger partial charge in [0.1, 0.15) is 18.3 Å². The Kier molecular flexibility index (Phi) is 13.1. The summed E-state index contributed by atoms with van der Waals surface area (Å²) in [5, 5.41) is 57.0. The van der Waals surface area contributed by atoms with Gasteiger partial charge in [0.15, 0.2) is 5.60 Å². The molecule has 4 atom stereocenters. The molecule has 7 heteroatoms. The van der Waals surface area contributed by atoms with Crippen molar-refractivity contribution < 1.29 is 35.4 Å². The first-order valence-corrected chi connectivity index (χ1v) is 9.42. The van der Waals surface area contributed by atoms with Crippen LogP contribution in [0.3, 0.4) is 0 Å². The predicted octanol–water partition coefficient (Wildman–Crippen LogP) is 1.19. The summed E-state index contributed by atoms with van der Waals surface area (Å²) in [5.74, 6) is -1.65. The number of carboxylic acid groups (broad SMARTS) is 1. The minimum absolute atomic E-state index is 0.227. The lowest BCUT2D eigenvalue weighted by atomic mass is 9.85. The second kappa shape index (κ2) is 13.5. The summed E-state index contributed by atoms with van der Waals surface area (Å²) in [6, 6.07) is 0. The Morgan fingerprint density at radius 3 is 1.72 bits per heavy atom. The fourth-order valence-electron chi connectivity index (χ4n) is 2.86. The van der Waals surface area contributed by atoms with Gasteiger partial charge in [-0.3, -0.25) is 0 Å². The zero-order chi connectivity index (χ0) is 19.3. The maximum atomic E-state index is 11.3. The van der Waals surface area contributed by atoms with Crippen molar-refractivity contribution >= 4 is 5.97 Å². The largest absolute Gasteiger partial charge is 0.479 e. The van der Waals surface area contributed by atoms with Crippen LogP contribution < -0.4 is 0 Å². The van der Waals surface area contributed by atoms with Crippen LogP contribution in [-0.4, -0.2) is 67.1 Å². The van der Waals surface area contributed by atoms with Crippen LogP contribution in [0.4, 0.5) is 0 Å². The predicted molar refractivity (Wildman–Crippen MR) is 94.2 cm³/mol. The average molecular weight is 364 g/mol. The maximum absolute atomic E-state index is 11.3. The number of rotatable bonds is 16. The van der Waals surface area contributed by atoms with Crippen molar-refractivity contribution in [1.29, 1.82) is 0 Å². The van der Waals surface area contributed by atoms with Crippen LogP contribution in [0.2, 0.25) is 0 Å². The molecule has 0 aliphatic rings. The third kappa shape index (κ3) is 8.96. The quantitative estimate of drug-likeness (QED) is 0.226. The first-order chi connectivity index (χ1) is 11.8. The Morgan fingerprint density at radius 1 is 0.880 bits per heavy atom. The molecule has 4 unspecified atom stereocenters. The molecule has 0 aromatic heterocycles. The third-order valence-electron chi connectivity index (χ3n) is 4.68. The summed E-state index contributed by atoms with van der Waals surface area (Å²) in [7, 11) is 0. The molecule has 0 saturated carbocycles. The molecule has 0 aliphatic carbocycles. The molecule has 0 fully saturated rings. The number of aliphatic hydroxyl groups is 5. The van der Waals surface area contributed by atoms with Crippen LogP contribution in [0.25, 0.3) is 0 Å². The van der Waals surface area contributed by atoms with Gasteiger partial charge >= 0.3 is 5.97 Å². The molecule has 6 N–H and O–H groups in total. The highest BCUT2D eigenvalue weighted by Gasteiger charge is 2.47. The summed E-state index contributed by atoms with van der Waals surface area (Å²) < 4.78 is 0. The second-order valence-corrected chi connectivity index (χ2v) is 6.85. The van der Waals surface area contributed by atoms with Gasteiger partial charge in [0.05, 0.1) is 6.61 Å². The molecule has 0 radical (unpaired) electrons. The van der Waals surface area contributed by atoms with Crippen molar-refractivity contribution in [3.05, 3.63) is 0 Å². The highest BCUT2D eigenvalue weighted by atomic mass is 16.4. The van der Waals surface area contributed by atoms with E-state index in [1.165, 1.54) is 32.1 Å². The molecular weight excluding hydrogens is 328 g/mol. The Balaban J connectivity index is 4.13. The van der Waals surface area contributed by atoms with Crippen LogP contribution in [0.15, 0.2) is 0 Å². The lowest BCUT2D eigenvalue weighted by Crippen LogP contribution is -2.58. The zero-order valence-electron chi connectivity index (χ0n) is 15.3. The van der Waals surface area contributed by atoms with Crippen molar-refractivity contribution in [3.63, 3.8) is 0 Å². The Labute approximate surface area is 150 Å². The molecule has 0 aromatic carbocycles. The van der Waals surface area contributed by atoms with Crippen LogP contribution in [-0.2, 0) is 4.79 Å². The Bertz CT molecular complexity index is 350. The van der Waals surface area contributed by atoms with Crippen molar-refractivity contribution in [2.75, 3.05) is 6.61 Å². The Morgan fingerprint density at radius 2 is 1.32 bits per heavy atom. The number of unbranched alkanes of at least 4 members (excludes halogenated alkanes) is 9. The lowest BCUT2D eigenvalue weighted by molar-refractivity contribution is -0.192. The minimum atomic E-state index is -2.55. The van der Waals surface area contributed by atoms with Gasteiger partial charge in [0.25, 0.3) is 0 Å². The van der Waals surface area contributed by atoms with Crippen molar-refractivity contribution in [2.45, 2.75) is 101 Å². The summed E-state index contributed by atoms with van der Waals surface area (Å²) >= 11 is 0. The molecule has 0 rings (SSSR count). The van der Waals surface area contributed by atoms with E-state index in [-0.39, 0.29) is 6.42 Å². The standard InChI is InChI=1S/C18H36O7/c1-2-3-4-5-6-7-8-9-10-11-12-18(25,17(23)24)16(22)15(21)14(20)13-19/h14-16,19-22,25H,2-13H2,1H3,(H,23,24). The van der Waals surface area contributed by atoms with Crippen molar-refractivity contribution in [3.8, 4) is 0 Å². The normalized spacial score (nSPS) is 17.7. The molecule has 25 heavy (non-hydrogen) atoms. The molecule has 0 bridgehead atoms. The molecular formula is C18H36O7. The van der Waals surface area contributed by atoms with Crippen LogP contribution >= 0.6 is 0 Å². The monoisotopic (exact) mass is 364 g/mol. The number of hydrogen-bond acceptors (Lipinski definition) is 6.